The second kappa shape index (κ2) is 7.72. The van der Waals surface area contributed by atoms with Gasteiger partial charge in [-0.25, -0.2) is 9.07 Å². The van der Waals surface area contributed by atoms with Crippen LogP contribution in [-0.2, 0) is 0 Å². The maximum absolute atomic E-state index is 13.7. The van der Waals surface area contributed by atoms with Crippen molar-refractivity contribution >= 4 is 5.91 Å². The number of carbonyl (C=O) groups is 1. The largest absolute Gasteiger partial charge is 0.388 e. The highest BCUT2D eigenvalue weighted by molar-refractivity contribution is 5.92. The minimum absolute atomic E-state index is 0.192. The summed E-state index contributed by atoms with van der Waals surface area (Å²) in [6.45, 7) is 0.307. The van der Waals surface area contributed by atoms with Crippen molar-refractivity contribution in [1.82, 2.24) is 15.1 Å². The number of nitrogens with one attached hydrogen (secondary N) is 1. The molecule has 6 heteroatoms. The smallest absolute Gasteiger partial charge is 0.271 e. The van der Waals surface area contributed by atoms with Gasteiger partial charge in [0.25, 0.3) is 5.91 Å². The van der Waals surface area contributed by atoms with E-state index in [1.807, 2.05) is 30.3 Å². The first-order valence-corrected chi connectivity index (χ1v) is 7.97. The molecule has 2 N–H and O–H groups in total. The van der Waals surface area contributed by atoms with E-state index in [9.17, 15) is 14.3 Å². The zero-order valence-corrected chi connectivity index (χ0v) is 13.5. The third kappa shape index (κ3) is 4.10. The van der Waals surface area contributed by atoms with Crippen LogP contribution in [0.15, 0.2) is 66.9 Å². The zero-order chi connectivity index (χ0) is 17.6. The number of aliphatic hydroxyl groups excluding tert-OH is 1. The number of carbonyl (C=O) groups excluding carboxylic acids is 1. The van der Waals surface area contributed by atoms with Crippen LogP contribution in [0.4, 0.5) is 4.39 Å². The van der Waals surface area contributed by atoms with Crippen LogP contribution in [-0.4, -0.2) is 27.3 Å². The Hall–Kier alpha value is -2.99. The van der Waals surface area contributed by atoms with Crippen LogP contribution >= 0.6 is 0 Å². The minimum Gasteiger partial charge on any atom is -0.388 e. The Kier molecular flexibility index (Phi) is 5.20. The van der Waals surface area contributed by atoms with E-state index in [1.165, 1.54) is 23.0 Å². The third-order valence-corrected chi connectivity index (χ3v) is 3.81. The normalized spacial score (nSPS) is 11.9. The highest BCUT2D eigenvalue weighted by Crippen LogP contribution is 2.15. The molecule has 2 aromatic carbocycles. The molecule has 0 aliphatic rings. The quantitative estimate of drug-likeness (QED) is 0.726. The molecule has 1 aromatic heterocycles. The summed E-state index contributed by atoms with van der Waals surface area (Å²) in [6, 6.07) is 17.0. The number of benzene rings is 2. The number of hydrogen-bond donors (Lipinski definition) is 2. The van der Waals surface area contributed by atoms with Gasteiger partial charge in [-0.1, -0.05) is 42.5 Å². The lowest BCUT2D eigenvalue weighted by Gasteiger charge is -2.11. The number of rotatable bonds is 6. The van der Waals surface area contributed by atoms with Crippen LogP contribution in [0.1, 0.15) is 28.6 Å². The fourth-order valence-electron chi connectivity index (χ4n) is 2.47. The summed E-state index contributed by atoms with van der Waals surface area (Å²) in [5, 5.41) is 16.9. The van der Waals surface area contributed by atoms with E-state index in [1.54, 1.807) is 18.2 Å². The molecule has 1 amide bonds. The predicted octanol–water partition coefficient (Wildman–Crippen LogP) is 2.86. The molecular formula is C19H18FN3O2. The molecule has 1 heterocycles. The van der Waals surface area contributed by atoms with Gasteiger partial charge in [0.2, 0.25) is 0 Å². The Labute approximate surface area is 144 Å². The first-order valence-electron chi connectivity index (χ1n) is 7.97. The van der Waals surface area contributed by atoms with Crippen LogP contribution in [0.5, 0.6) is 0 Å². The molecule has 0 bridgehead atoms. The number of hydrogen-bond acceptors (Lipinski definition) is 3. The first kappa shape index (κ1) is 16.9. The Balaban J connectivity index is 1.57. The maximum Gasteiger partial charge on any atom is 0.271 e. The molecule has 3 aromatic rings. The summed E-state index contributed by atoms with van der Waals surface area (Å²) >= 11 is 0. The molecular weight excluding hydrogens is 321 g/mol. The van der Waals surface area contributed by atoms with Gasteiger partial charge in [-0.05, 0) is 30.2 Å². The molecule has 0 fully saturated rings. The third-order valence-electron chi connectivity index (χ3n) is 3.81. The van der Waals surface area contributed by atoms with Crippen LogP contribution in [0.3, 0.4) is 0 Å². The average Bonchev–Trinajstić information content (AvgIpc) is 3.12. The predicted molar refractivity (Wildman–Crippen MR) is 91.9 cm³/mol. The summed E-state index contributed by atoms with van der Waals surface area (Å²) in [5.41, 5.74) is 1.28. The Morgan fingerprint density at radius 2 is 1.84 bits per heavy atom. The van der Waals surface area contributed by atoms with Crippen molar-refractivity contribution in [2.45, 2.75) is 12.5 Å². The van der Waals surface area contributed by atoms with Crippen LogP contribution in [0.2, 0.25) is 0 Å². The second-order valence-corrected chi connectivity index (χ2v) is 5.57. The summed E-state index contributed by atoms with van der Waals surface area (Å²) in [6.07, 6.45) is 1.29. The van der Waals surface area contributed by atoms with E-state index in [0.717, 1.165) is 5.56 Å². The number of aliphatic hydroxyl groups is 1. The highest BCUT2D eigenvalue weighted by atomic mass is 19.1. The lowest BCUT2D eigenvalue weighted by Crippen LogP contribution is -2.26. The zero-order valence-electron chi connectivity index (χ0n) is 13.5. The maximum atomic E-state index is 13.7. The fourth-order valence-corrected chi connectivity index (χ4v) is 2.47. The van der Waals surface area contributed by atoms with Crippen molar-refractivity contribution < 1.29 is 14.3 Å². The molecule has 0 saturated carbocycles. The summed E-state index contributed by atoms with van der Waals surface area (Å²) in [7, 11) is 0. The second-order valence-electron chi connectivity index (χ2n) is 5.57. The van der Waals surface area contributed by atoms with E-state index < -0.39 is 11.9 Å². The van der Waals surface area contributed by atoms with Gasteiger partial charge >= 0.3 is 0 Å². The monoisotopic (exact) mass is 339 g/mol. The van der Waals surface area contributed by atoms with Crippen molar-refractivity contribution in [1.29, 1.82) is 0 Å². The summed E-state index contributed by atoms with van der Waals surface area (Å²) in [4.78, 5) is 12.1. The summed E-state index contributed by atoms with van der Waals surface area (Å²) < 4.78 is 15.1. The average molecular weight is 339 g/mol. The Bertz CT molecular complexity index is 849. The number of amides is 1. The standard InChI is InChI=1S/C19H18FN3O2/c20-15-8-4-5-9-17(15)23-13-11-16(22-23)19(25)21-12-10-18(24)14-6-2-1-3-7-14/h1-9,11,13,18,24H,10,12H2,(H,21,25). The number of aromatic nitrogens is 2. The van der Waals surface area contributed by atoms with Crippen molar-refractivity contribution in [3.63, 3.8) is 0 Å². The number of halogens is 1. The van der Waals surface area contributed by atoms with E-state index in [-0.39, 0.29) is 17.3 Å². The van der Waals surface area contributed by atoms with Gasteiger partial charge in [0.05, 0.1) is 6.10 Å². The highest BCUT2D eigenvalue weighted by Gasteiger charge is 2.13. The topological polar surface area (TPSA) is 67.2 Å². The van der Waals surface area contributed by atoms with E-state index in [4.69, 9.17) is 0 Å². The molecule has 5 nitrogen and oxygen atoms in total. The van der Waals surface area contributed by atoms with Crippen molar-refractivity contribution in [2.24, 2.45) is 0 Å². The van der Waals surface area contributed by atoms with E-state index in [0.29, 0.717) is 13.0 Å². The fraction of sp³-hybridized carbons (Fsp3) is 0.158. The van der Waals surface area contributed by atoms with Crippen LogP contribution in [0, 0.1) is 5.82 Å². The van der Waals surface area contributed by atoms with Crippen LogP contribution < -0.4 is 5.32 Å². The van der Waals surface area contributed by atoms with Gasteiger partial charge < -0.3 is 10.4 Å². The van der Waals surface area contributed by atoms with E-state index >= 15 is 0 Å². The molecule has 0 spiro atoms. The van der Waals surface area contributed by atoms with Crippen molar-refractivity contribution in [2.75, 3.05) is 6.54 Å². The molecule has 128 valence electrons. The molecule has 1 unspecified atom stereocenters. The molecule has 0 aliphatic heterocycles. The number of nitrogens with zero attached hydrogens (tertiary/aromatic N) is 2. The van der Waals surface area contributed by atoms with Crippen molar-refractivity contribution in [3.8, 4) is 5.69 Å². The summed E-state index contributed by atoms with van der Waals surface area (Å²) in [5.74, 6) is -0.779. The van der Waals surface area contributed by atoms with Gasteiger partial charge in [-0.15, -0.1) is 0 Å². The van der Waals surface area contributed by atoms with E-state index in [2.05, 4.69) is 10.4 Å². The van der Waals surface area contributed by atoms with Crippen LogP contribution in [0.25, 0.3) is 5.69 Å². The van der Waals surface area contributed by atoms with Gasteiger partial charge in [-0.3, -0.25) is 4.79 Å². The molecule has 25 heavy (non-hydrogen) atoms. The Morgan fingerprint density at radius 1 is 1.12 bits per heavy atom. The Morgan fingerprint density at radius 3 is 2.60 bits per heavy atom. The van der Waals surface area contributed by atoms with Gasteiger partial charge in [0.1, 0.15) is 11.5 Å². The molecule has 0 saturated heterocycles. The van der Waals surface area contributed by atoms with Gasteiger partial charge in [-0.2, -0.15) is 5.10 Å². The first-order chi connectivity index (χ1) is 12.1. The molecule has 0 aliphatic carbocycles. The molecule has 0 radical (unpaired) electrons. The number of para-hydroxylation sites is 1. The lowest BCUT2D eigenvalue weighted by atomic mass is 10.1. The van der Waals surface area contributed by atoms with Gasteiger partial charge in [0, 0.05) is 12.7 Å². The lowest BCUT2D eigenvalue weighted by molar-refractivity contribution is 0.0937. The SMILES string of the molecule is O=C(NCCC(O)c1ccccc1)c1ccn(-c2ccccc2F)n1. The van der Waals surface area contributed by atoms with Crippen molar-refractivity contribution in [3.05, 3.63) is 83.9 Å². The van der Waals surface area contributed by atoms with Gasteiger partial charge in [0.15, 0.2) is 5.69 Å². The minimum atomic E-state index is -0.641. The molecule has 3 rings (SSSR count). The molecule has 1 atom stereocenters.